The Bertz CT molecular complexity index is 710. The van der Waals surface area contributed by atoms with E-state index in [1.165, 1.54) is 14.2 Å². The number of aliphatic hydroxyl groups is 1. The fourth-order valence-electron chi connectivity index (χ4n) is 2.20. The number of hydrogen-bond acceptors (Lipinski definition) is 5. The molecule has 0 aliphatic carbocycles. The second-order valence-electron chi connectivity index (χ2n) is 5.26. The maximum absolute atomic E-state index is 12.3. The normalized spacial score (nSPS) is 11.5. The predicted molar refractivity (Wildman–Crippen MR) is 99.2 cm³/mol. The van der Waals surface area contributed by atoms with E-state index in [1.54, 1.807) is 36.4 Å². The topological polar surface area (TPSA) is 79.8 Å². The smallest absolute Gasteiger partial charge is 0.255 e. The van der Waals surface area contributed by atoms with Gasteiger partial charge in [0.15, 0.2) is 0 Å². The molecule has 1 unspecified atom stereocenters. The van der Waals surface area contributed by atoms with Crippen LogP contribution in [0.5, 0.6) is 11.5 Å². The molecule has 0 aliphatic rings. The van der Waals surface area contributed by atoms with Crippen molar-refractivity contribution >= 4 is 28.9 Å². The first kappa shape index (κ1) is 18.9. The Morgan fingerprint density at radius 1 is 1.12 bits per heavy atom. The molecule has 2 aromatic rings. The van der Waals surface area contributed by atoms with E-state index in [0.29, 0.717) is 28.4 Å². The van der Waals surface area contributed by atoms with Gasteiger partial charge in [0.05, 0.1) is 37.6 Å². The Morgan fingerprint density at radius 3 is 2.32 bits per heavy atom. The number of anilines is 2. The second kappa shape index (κ2) is 9.15. The van der Waals surface area contributed by atoms with E-state index in [-0.39, 0.29) is 18.3 Å². The Labute approximate surface area is 151 Å². The maximum atomic E-state index is 12.3. The van der Waals surface area contributed by atoms with Crippen LogP contribution >= 0.6 is 11.6 Å². The number of ether oxygens (including phenoxy) is 2. The van der Waals surface area contributed by atoms with Crippen molar-refractivity contribution in [2.75, 3.05) is 37.3 Å². The third-order valence-electron chi connectivity index (χ3n) is 3.51. The second-order valence-corrected chi connectivity index (χ2v) is 5.57. The quantitative estimate of drug-likeness (QED) is 0.627. The van der Waals surface area contributed by atoms with Crippen LogP contribution in [-0.4, -0.2) is 43.8 Å². The fraction of sp³-hybridized carbons (Fsp3) is 0.278. The van der Waals surface area contributed by atoms with Gasteiger partial charge < -0.3 is 25.2 Å². The number of alkyl halides is 1. The van der Waals surface area contributed by atoms with E-state index in [0.717, 1.165) is 0 Å². The van der Waals surface area contributed by atoms with Gasteiger partial charge in [-0.3, -0.25) is 4.79 Å². The molecule has 0 aromatic heterocycles. The fourth-order valence-corrected chi connectivity index (χ4v) is 2.31. The summed E-state index contributed by atoms with van der Waals surface area (Å²) in [6.07, 6.45) is -0.685. The van der Waals surface area contributed by atoms with E-state index >= 15 is 0 Å². The van der Waals surface area contributed by atoms with Crippen LogP contribution in [0.25, 0.3) is 0 Å². The molecule has 1 atom stereocenters. The van der Waals surface area contributed by atoms with Crippen molar-refractivity contribution < 1.29 is 19.4 Å². The van der Waals surface area contributed by atoms with Crippen molar-refractivity contribution in [2.24, 2.45) is 0 Å². The molecule has 0 saturated carbocycles. The number of carbonyl (C=O) groups is 1. The maximum Gasteiger partial charge on any atom is 0.255 e. The monoisotopic (exact) mass is 364 g/mol. The molecule has 0 fully saturated rings. The molecule has 0 spiro atoms. The van der Waals surface area contributed by atoms with Crippen LogP contribution in [0.4, 0.5) is 11.4 Å². The van der Waals surface area contributed by atoms with Crippen molar-refractivity contribution in [1.29, 1.82) is 0 Å². The van der Waals surface area contributed by atoms with Crippen LogP contribution in [0.1, 0.15) is 10.4 Å². The first-order valence-corrected chi connectivity index (χ1v) is 8.22. The molecule has 7 heteroatoms. The molecule has 134 valence electrons. The zero-order valence-corrected chi connectivity index (χ0v) is 14.8. The minimum absolute atomic E-state index is 0.123. The number of methoxy groups -OCH3 is 2. The lowest BCUT2D eigenvalue weighted by molar-refractivity contribution is 0.102. The molecule has 25 heavy (non-hydrogen) atoms. The third kappa shape index (κ3) is 5.01. The van der Waals surface area contributed by atoms with Gasteiger partial charge in [0.25, 0.3) is 5.91 Å². The highest BCUT2D eigenvalue weighted by Gasteiger charge is 2.15. The van der Waals surface area contributed by atoms with Crippen molar-refractivity contribution in [3.63, 3.8) is 0 Å². The van der Waals surface area contributed by atoms with E-state index in [1.807, 2.05) is 6.07 Å². The van der Waals surface area contributed by atoms with Crippen molar-refractivity contribution in [2.45, 2.75) is 6.10 Å². The minimum atomic E-state index is -0.685. The SMILES string of the molecule is COc1cc(NC(=O)c2ccccc2)c(OC)cc1NCC(O)CCl. The van der Waals surface area contributed by atoms with E-state index in [9.17, 15) is 9.90 Å². The summed E-state index contributed by atoms with van der Waals surface area (Å²) in [5, 5.41) is 15.4. The standard InChI is InChI=1S/C18H21ClN2O4/c1-24-16-9-15(21-18(23)12-6-4-3-5-7-12)17(25-2)8-14(16)20-11-13(22)10-19/h3-9,13,20,22H,10-11H2,1-2H3,(H,21,23). The van der Waals surface area contributed by atoms with Crippen LogP contribution in [0.15, 0.2) is 42.5 Å². The van der Waals surface area contributed by atoms with Gasteiger partial charge in [0.2, 0.25) is 0 Å². The molecular weight excluding hydrogens is 344 g/mol. The minimum Gasteiger partial charge on any atom is -0.495 e. The van der Waals surface area contributed by atoms with Crippen LogP contribution in [-0.2, 0) is 0 Å². The summed E-state index contributed by atoms with van der Waals surface area (Å²) in [6, 6.07) is 12.2. The summed E-state index contributed by atoms with van der Waals surface area (Å²) in [7, 11) is 3.03. The Balaban J connectivity index is 2.24. The van der Waals surface area contributed by atoms with Gasteiger partial charge in [-0.2, -0.15) is 0 Å². The van der Waals surface area contributed by atoms with E-state index in [2.05, 4.69) is 10.6 Å². The highest BCUT2D eigenvalue weighted by molar-refractivity contribution is 6.18. The lowest BCUT2D eigenvalue weighted by Crippen LogP contribution is -2.21. The van der Waals surface area contributed by atoms with Gasteiger partial charge in [-0.05, 0) is 12.1 Å². The summed E-state index contributed by atoms with van der Waals surface area (Å²) in [4.78, 5) is 12.3. The summed E-state index contributed by atoms with van der Waals surface area (Å²) < 4.78 is 10.7. The van der Waals surface area contributed by atoms with Gasteiger partial charge in [-0.1, -0.05) is 18.2 Å². The first-order chi connectivity index (χ1) is 12.1. The molecule has 3 N–H and O–H groups in total. The van der Waals surface area contributed by atoms with Crippen LogP contribution in [0.2, 0.25) is 0 Å². The molecule has 0 saturated heterocycles. The van der Waals surface area contributed by atoms with Crippen LogP contribution < -0.4 is 20.1 Å². The molecule has 0 aliphatic heterocycles. The lowest BCUT2D eigenvalue weighted by atomic mass is 10.2. The zero-order chi connectivity index (χ0) is 18.2. The highest BCUT2D eigenvalue weighted by Crippen LogP contribution is 2.36. The van der Waals surface area contributed by atoms with Gasteiger partial charge in [0.1, 0.15) is 11.5 Å². The third-order valence-corrected chi connectivity index (χ3v) is 3.87. The van der Waals surface area contributed by atoms with Crippen molar-refractivity contribution in [3.05, 3.63) is 48.0 Å². The van der Waals surface area contributed by atoms with E-state index in [4.69, 9.17) is 21.1 Å². The Morgan fingerprint density at radius 2 is 1.72 bits per heavy atom. The lowest BCUT2D eigenvalue weighted by Gasteiger charge is -2.17. The zero-order valence-electron chi connectivity index (χ0n) is 14.1. The number of hydrogen-bond donors (Lipinski definition) is 3. The average molecular weight is 365 g/mol. The molecule has 6 nitrogen and oxygen atoms in total. The largest absolute Gasteiger partial charge is 0.495 e. The molecule has 1 amide bonds. The number of benzene rings is 2. The highest BCUT2D eigenvalue weighted by atomic mass is 35.5. The number of rotatable bonds is 8. The molecule has 2 rings (SSSR count). The van der Waals surface area contributed by atoms with Crippen LogP contribution in [0, 0.1) is 0 Å². The average Bonchev–Trinajstić information content (AvgIpc) is 2.66. The number of nitrogens with one attached hydrogen (secondary N) is 2. The number of amides is 1. The van der Waals surface area contributed by atoms with Crippen molar-refractivity contribution in [1.82, 2.24) is 0 Å². The van der Waals surface area contributed by atoms with Gasteiger partial charge in [0, 0.05) is 24.2 Å². The summed E-state index contributed by atoms with van der Waals surface area (Å²) in [5.74, 6) is 0.843. The number of halogens is 1. The van der Waals surface area contributed by atoms with Crippen LogP contribution in [0.3, 0.4) is 0 Å². The molecule has 2 aromatic carbocycles. The number of aliphatic hydroxyl groups excluding tert-OH is 1. The number of carbonyl (C=O) groups excluding carboxylic acids is 1. The molecule has 0 radical (unpaired) electrons. The predicted octanol–water partition coefficient (Wildman–Crippen LogP) is 2.97. The Hall–Kier alpha value is -2.44. The summed E-state index contributed by atoms with van der Waals surface area (Å²) >= 11 is 5.60. The first-order valence-electron chi connectivity index (χ1n) is 7.69. The van der Waals surface area contributed by atoms with Gasteiger partial charge in [-0.15, -0.1) is 11.6 Å². The molecular formula is C18H21ClN2O4. The van der Waals surface area contributed by atoms with Gasteiger partial charge in [-0.25, -0.2) is 0 Å². The summed E-state index contributed by atoms with van der Waals surface area (Å²) in [6.45, 7) is 0.263. The molecule has 0 heterocycles. The van der Waals surface area contributed by atoms with Crippen molar-refractivity contribution in [3.8, 4) is 11.5 Å². The summed E-state index contributed by atoms with van der Waals surface area (Å²) in [5.41, 5.74) is 1.65. The van der Waals surface area contributed by atoms with Gasteiger partial charge >= 0.3 is 0 Å². The Kier molecular flexibility index (Phi) is 6.91. The van der Waals surface area contributed by atoms with E-state index < -0.39 is 6.10 Å². The molecule has 0 bridgehead atoms.